The summed E-state index contributed by atoms with van der Waals surface area (Å²) < 4.78 is 34.6. The third-order valence-corrected chi connectivity index (χ3v) is 6.75. The predicted molar refractivity (Wildman–Crippen MR) is 167 cm³/mol. The van der Waals surface area contributed by atoms with Crippen LogP contribution in [0.1, 0.15) is 16.7 Å². The van der Waals surface area contributed by atoms with Crippen LogP contribution in [0.2, 0.25) is 0 Å². The molecule has 0 amide bonds. The molecular formula is C35H39NO8. The van der Waals surface area contributed by atoms with E-state index in [4.69, 9.17) is 28.4 Å². The largest absolute Gasteiger partial charge is 0.491 e. The maximum Gasteiger partial charge on any atom is 0.269 e. The van der Waals surface area contributed by atoms with Crippen molar-refractivity contribution in [3.05, 3.63) is 142 Å². The van der Waals surface area contributed by atoms with Crippen molar-refractivity contribution in [2.75, 3.05) is 66.1 Å². The number of hydrogen-bond donors (Lipinski definition) is 0. The van der Waals surface area contributed by atoms with E-state index >= 15 is 0 Å². The number of rotatable bonds is 21. The van der Waals surface area contributed by atoms with Crippen molar-refractivity contribution >= 4 is 5.69 Å². The molecule has 0 aromatic heterocycles. The van der Waals surface area contributed by atoms with Gasteiger partial charge >= 0.3 is 0 Å². The molecule has 232 valence electrons. The Labute approximate surface area is 258 Å². The SMILES string of the molecule is O=[N+]([O-])c1ccc(OCCOCCOCCOCCOCCOC(c2ccccc2)(c2ccccc2)c2ccccc2)cc1. The predicted octanol–water partition coefficient (Wildman–Crippen LogP) is 6.05. The summed E-state index contributed by atoms with van der Waals surface area (Å²) in [6.45, 7) is 4.28. The molecular weight excluding hydrogens is 562 g/mol. The fourth-order valence-corrected chi connectivity index (χ4v) is 4.67. The Kier molecular flexibility index (Phi) is 13.8. The second kappa shape index (κ2) is 18.5. The molecule has 0 heterocycles. The van der Waals surface area contributed by atoms with Crippen molar-refractivity contribution in [2.45, 2.75) is 5.60 Å². The first-order valence-corrected chi connectivity index (χ1v) is 14.7. The second-order valence-corrected chi connectivity index (χ2v) is 9.68. The number of non-ortho nitro benzene ring substituents is 1. The molecule has 4 aromatic carbocycles. The van der Waals surface area contributed by atoms with E-state index in [1.807, 2.05) is 54.6 Å². The second-order valence-electron chi connectivity index (χ2n) is 9.68. The fraction of sp³-hybridized carbons (Fsp3) is 0.314. The van der Waals surface area contributed by atoms with Crippen LogP contribution < -0.4 is 4.74 Å². The van der Waals surface area contributed by atoms with E-state index in [0.29, 0.717) is 71.8 Å². The number of ether oxygens (including phenoxy) is 6. The quantitative estimate of drug-likeness (QED) is 0.0493. The highest BCUT2D eigenvalue weighted by Gasteiger charge is 2.37. The van der Waals surface area contributed by atoms with Gasteiger partial charge in [0.1, 0.15) is 18.0 Å². The third-order valence-electron chi connectivity index (χ3n) is 6.75. The van der Waals surface area contributed by atoms with E-state index in [9.17, 15) is 10.1 Å². The Bertz CT molecular complexity index is 1240. The Hall–Kier alpha value is -4.12. The molecule has 0 aliphatic rings. The van der Waals surface area contributed by atoms with Crippen molar-refractivity contribution in [3.8, 4) is 5.75 Å². The van der Waals surface area contributed by atoms with Gasteiger partial charge in [0.25, 0.3) is 5.69 Å². The number of nitrogens with zero attached hydrogens (tertiary/aromatic N) is 1. The molecule has 0 radical (unpaired) electrons. The highest BCUT2D eigenvalue weighted by molar-refractivity contribution is 5.47. The zero-order chi connectivity index (χ0) is 30.7. The minimum atomic E-state index is -0.759. The van der Waals surface area contributed by atoms with Gasteiger partial charge < -0.3 is 28.4 Å². The third kappa shape index (κ3) is 9.97. The molecule has 0 spiro atoms. The summed E-state index contributed by atoms with van der Waals surface area (Å²) in [5, 5.41) is 10.7. The molecule has 9 heteroatoms. The average Bonchev–Trinajstić information content (AvgIpc) is 3.08. The number of nitro benzene ring substituents is 1. The van der Waals surface area contributed by atoms with Gasteiger partial charge in [0.2, 0.25) is 0 Å². The van der Waals surface area contributed by atoms with Crippen LogP contribution in [0.3, 0.4) is 0 Å². The van der Waals surface area contributed by atoms with E-state index in [-0.39, 0.29) is 5.69 Å². The van der Waals surface area contributed by atoms with Gasteiger partial charge in [-0.1, -0.05) is 91.0 Å². The molecule has 4 aromatic rings. The fourth-order valence-electron chi connectivity index (χ4n) is 4.67. The lowest BCUT2D eigenvalue weighted by molar-refractivity contribution is -0.384. The van der Waals surface area contributed by atoms with Gasteiger partial charge in [0, 0.05) is 12.1 Å². The van der Waals surface area contributed by atoms with Gasteiger partial charge in [-0.05, 0) is 28.8 Å². The molecule has 0 bridgehead atoms. The van der Waals surface area contributed by atoms with Gasteiger partial charge in [-0.25, -0.2) is 0 Å². The molecule has 0 saturated carbocycles. The zero-order valence-electron chi connectivity index (χ0n) is 24.8. The van der Waals surface area contributed by atoms with Crippen molar-refractivity contribution in [1.82, 2.24) is 0 Å². The highest BCUT2D eigenvalue weighted by atomic mass is 16.6. The van der Waals surface area contributed by atoms with E-state index in [1.165, 1.54) is 12.1 Å². The first kappa shape index (κ1) is 32.8. The minimum Gasteiger partial charge on any atom is -0.491 e. The van der Waals surface area contributed by atoms with E-state index in [2.05, 4.69) is 36.4 Å². The van der Waals surface area contributed by atoms with Gasteiger partial charge in [-0.2, -0.15) is 0 Å². The number of benzene rings is 4. The maximum atomic E-state index is 10.7. The highest BCUT2D eigenvalue weighted by Crippen LogP contribution is 2.40. The molecule has 0 atom stereocenters. The standard InChI is InChI=1S/C35H39NO8/c37-36(38)33-16-18-34(19-17-33)43-28-26-41-24-22-39-20-21-40-23-25-42-27-29-44-35(30-10-4-1-5-11-30,31-12-6-2-7-13-31)32-14-8-3-9-15-32/h1-19H,20-29H2. The van der Waals surface area contributed by atoms with E-state index in [1.54, 1.807) is 12.1 Å². The lowest BCUT2D eigenvalue weighted by Gasteiger charge is -2.36. The van der Waals surface area contributed by atoms with Crippen LogP contribution in [-0.2, 0) is 29.3 Å². The van der Waals surface area contributed by atoms with Gasteiger partial charge in [0.15, 0.2) is 0 Å². The smallest absolute Gasteiger partial charge is 0.269 e. The average molecular weight is 602 g/mol. The Balaban J connectivity index is 1.07. The lowest BCUT2D eigenvalue weighted by atomic mass is 9.80. The monoisotopic (exact) mass is 601 g/mol. The lowest BCUT2D eigenvalue weighted by Crippen LogP contribution is -2.34. The van der Waals surface area contributed by atoms with Gasteiger partial charge in [0.05, 0.1) is 64.4 Å². The van der Waals surface area contributed by atoms with Crippen LogP contribution in [0.15, 0.2) is 115 Å². The minimum absolute atomic E-state index is 0.0284. The molecule has 0 aliphatic carbocycles. The molecule has 4 rings (SSSR count). The van der Waals surface area contributed by atoms with Crippen LogP contribution in [0, 0.1) is 10.1 Å². The molecule has 0 unspecified atom stereocenters. The maximum absolute atomic E-state index is 10.7. The van der Waals surface area contributed by atoms with E-state index < -0.39 is 10.5 Å². The molecule has 0 N–H and O–H groups in total. The number of hydrogen-bond acceptors (Lipinski definition) is 8. The van der Waals surface area contributed by atoms with Gasteiger partial charge in [-0.3, -0.25) is 10.1 Å². The summed E-state index contributed by atoms with van der Waals surface area (Å²) in [5.41, 5.74) is 2.44. The van der Waals surface area contributed by atoms with Crippen molar-refractivity contribution < 1.29 is 33.3 Å². The van der Waals surface area contributed by atoms with Crippen LogP contribution in [0.4, 0.5) is 5.69 Å². The van der Waals surface area contributed by atoms with Crippen LogP contribution >= 0.6 is 0 Å². The molecule has 0 fully saturated rings. The summed E-state index contributed by atoms with van der Waals surface area (Å²) in [7, 11) is 0. The molecule has 44 heavy (non-hydrogen) atoms. The summed E-state index contributed by atoms with van der Waals surface area (Å²) in [5.74, 6) is 0.559. The Morgan fingerprint density at radius 3 is 1.23 bits per heavy atom. The van der Waals surface area contributed by atoms with Crippen LogP contribution in [0.5, 0.6) is 5.75 Å². The first-order chi connectivity index (χ1) is 21.7. The summed E-state index contributed by atoms with van der Waals surface area (Å²) in [4.78, 5) is 10.2. The van der Waals surface area contributed by atoms with Crippen LogP contribution in [-0.4, -0.2) is 71.0 Å². The summed E-state index contributed by atoms with van der Waals surface area (Å²) in [6.07, 6.45) is 0. The zero-order valence-corrected chi connectivity index (χ0v) is 24.8. The molecule has 0 saturated heterocycles. The number of nitro groups is 1. The van der Waals surface area contributed by atoms with E-state index in [0.717, 1.165) is 16.7 Å². The normalized spacial score (nSPS) is 11.4. The molecule has 0 aliphatic heterocycles. The van der Waals surface area contributed by atoms with Crippen molar-refractivity contribution in [3.63, 3.8) is 0 Å². The first-order valence-electron chi connectivity index (χ1n) is 14.7. The summed E-state index contributed by atoms with van der Waals surface area (Å²) in [6, 6.07) is 36.8. The van der Waals surface area contributed by atoms with Crippen LogP contribution in [0.25, 0.3) is 0 Å². The Morgan fingerprint density at radius 1 is 0.477 bits per heavy atom. The summed E-state index contributed by atoms with van der Waals surface area (Å²) >= 11 is 0. The Morgan fingerprint density at radius 2 is 0.841 bits per heavy atom. The van der Waals surface area contributed by atoms with Crippen molar-refractivity contribution in [1.29, 1.82) is 0 Å². The van der Waals surface area contributed by atoms with Gasteiger partial charge in [-0.15, -0.1) is 0 Å². The topological polar surface area (TPSA) is 98.5 Å². The van der Waals surface area contributed by atoms with Crippen molar-refractivity contribution in [2.24, 2.45) is 0 Å². The molecule has 9 nitrogen and oxygen atoms in total.